The van der Waals surface area contributed by atoms with Gasteiger partial charge in [0.15, 0.2) is 0 Å². The lowest BCUT2D eigenvalue weighted by molar-refractivity contribution is 0.192. The number of nitrogens with one attached hydrogen (secondary N) is 1. The average molecular weight is 330 g/mol. The van der Waals surface area contributed by atoms with Gasteiger partial charge in [0.25, 0.3) is 0 Å². The number of rotatable bonds is 3. The van der Waals surface area contributed by atoms with E-state index in [4.69, 9.17) is 0 Å². The molecule has 0 radical (unpaired) electrons. The van der Waals surface area contributed by atoms with Crippen LogP contribution in [0.5, 0.6) is 0 Å². The van der Waals surface area contributed by atoms with E-state index in [-0.39, 0.29) is 12.1 Å². The number of hydrogen-bond acceptors (Lipinski definition) is 3. The van der Waals surface area contributed by atoms with E-state index in [9.17, 15) is 4.79 Å². The van der Waals surface area contributed by atoms with E-state index in [0.29, 0.717) is 0 Å². The molecular formula is C19H30N4O. The lowest BCUT2D eigenvalue weighted by Gasteiger charge is -2.36. The maximum atomic E-state index is 12.1. The smallest absolute Gasteiger partial charge is 0.317 e. The van der Waals surface area contributed by atoms with Gasteiger partial charge in [-0.25, -0.2) is 4.79 Å². The molecule has 0 saturated carbocycles. The predicted molar refractivity (Wildman–Crippen MR) is 100.0 cm³/mol. The van der Waals surface area contributed by atoms with E-state index < -0.39 is 0 Å². The average Bonchev–Trinajstić information content (AvgIpc) is 2.62. The van der Waals surface area contributed by atoms with Crippen LogP contribution < -0.4 is 15.1 Å². The molecule has 132 valence electrons. The fourth-order valence-electron chi connectivity index (χ4n) is 3.53. The van der Waals surface area contributed by atoms with Crippen LogP contribution in [0.4, 0.5) is 16.2 Å². The highest BCUT2D eigenvalue weighted by Gasteiger charge is 2.21. The zero-order valence-corrected chi connectivity index (χ0v) is 15.0. The number of piperidine rings is 1. The second kappa shape index (κ2) is 7.77. The Hall–Kier alpha value is -1.91. The first-order valence-corrected chi connectivity index (χ1v) is 9.29. The maximum Gasteiger partial charge on any atom is 0.317 e. The molecule has 1 aromatic rings. The summed E-state index contributed by atoms with van der Waals surface area (Å²) in [5, 5.41) is 2.97. The van der Waals surface area contributed by atoms with E-state index in [1.54, 1.807) is 0 Å². The predicted octanol–water partition coefficient (Wildman–Crippen LogP) is 2.92. The molecule has 0 spiro atoms. The molecule has 3 rings (SSSR count). The van der Waals surface area contributed by atoms with Crippen molar-refractivity contribution >= 4 is 17.4 Å². The summed E-state index contributed by atoms with van der Waals surface area (Å²) in [7, 11) is 0. The topological polar surface area (TPSA) is 38.8 Å². The second-order valence-corrected chi connectivity index (χ2v) is 7.14. The van der Waals surface area contributed by atoms with Gasteiger partial charge in [-0.2, -0.15) is 0 Å². The fourth-order valence-corrected chi connectivity index (χ4v) is 3.53. The highest BCUT2D eigenvalue weighted by atomic mass is 16.2. The van der Waals surface area contributed by atoms with Gasteiger partial charge in [-0.05, 0) is 57.4 Å². The highest BCUT2D eigenvalue weighted by Crippen LogP contribution is 2.24. The first kappa shape index (κ1) is 16.9. The number of carbonyl (C=O) groups is 1. The molecule has 0 bridgehead atoms. The lowest BCUT2D eigenvalue weighted by Crippen LogP contribution is -2.52. The molecule has 24 heavy (non-hydrogen) atoms. The van der Waals surface area contributed by atoms with Crippen LogP contribution >= 0.6 is 0 Å². The third-order valence-electron chi connectivity index (χ3n) is 4.92. The van der Waals surface area contributed by atoms with E-state index in [1.165, 1.54) is 43.7 Å². The van der Waals surface area contributed by atoms with E-state index in [1.807, 2.05) is 18.7 Å². The SMILES string of the molecule is CC(C)NC(=O)N1CCN(c2ccc(N3CCCCC3)cc2)CC1. The molecule has 0 aromatic heterocycles. The molecule has 2 aliphatic heterocycles. The molecule has 1 N–H and O–H groups in total. The van der Waals surface area contributed by atoms with Crippen molar-refractivity contribution in [3.8, 4) is 0 Å². The van der Waals surface area contributed by atoms with Crippen LogP contribution in [0.25, 0.3) is 0 Å². The van der Waals surface area contributed by atoms with Crippen molar-refractivity contribution in [2.75, 3.05) is 49.1 Å². The van der Waals surface area contributed by atoms with Crippen molar-refractivity contribution in [2.45, 2.75) is 39.2 Å². The van der Waals surface area contributed by atoms with Gasteiger partial charge in [0, 0.05) is 56.7 Å². The van der Waals surface area contributed by atoms with Gasteiger partial charge < -0.3 is 20.0 Å². The molecule has 2 saturated heterocycles. The van der Waals surface area contributed by atoms with Crippen molar-refractivity contribution < 1.29 is 4.79 Å². The largest absolute Gasteiger partial charge is 0.372 e. The molecule has 2 aliphatic rings. The first-order chi connectivity index (χ1) is 11.6. The number of carbonyl (C=O) groups excluding carboxylic acids is 1. The zero-order valence-electron chi connectivity index (χ0n) is 15.0. The Labute approximate surface area is 145 Å². The number of urea groups is 1. The lowest BCUT2D eigenvalue weighted by atomic mass is 10.1. The number of anilines is 2. The molecule has 5 heteroatoms. The number of benzene rings is 1. The minimum absolute atomic E-state index is 0.0603. The molecule has 0 unspecified atom stereocenters. The Morgan fingerprint density at radius 3 is 1.83 bits per heavy atom. The third-order valence-corrected chi connectivity index (χ3v) is 4.92. The zero-order chi connectivity index (χ0) is 16.9. The van der Waals surface area contributed by atoms with Gasteiger partial charge in [-0.1, -0.05) is 0 Å². The summed E-state index contributed by atoms with van der Waals surface area (Å²) in [6, 6.07) is 9.21. The van der Waals surface area contributed by atoms with Gasteiger partial charge in [-0.3, -0.25) is 0 Å². The van der Waals surface area contributed by atoms with Crippen LogP contribution in [0.1, 0.15) is 33.1 Å². The molecule has 2 fully saturated rings. The quantitative estimate of drug-likeness (QED) is 0.926. The highest BCUT2D eigenvalue weighted by molar-refractivity contribution is 5.74. The van der Waals surface area contributed by atoms with Crippen LogP contribution in [0, 0.1) is 0 Å². The van der Waals surface area contributed by atoms with Gasteiger partial charge in [0.2, 0.25) is 0 Å². The molecule has 2 amide bonds. The number of nitrogens with zero attached hydrogens (tertiary/aromatic N) is 3. The summed E-state index contributed by atoms with van der Waals surface area (Å²) in [4.78, 5) is 18.8. The van der Waals surface area contributed by atoms with Crippen molar-refractivity contribution in [1.82, 2.24) is 10.2 Å². The molecule has 2 heterocycles. The van der Waals surface area contributed by atoms with Gasteiger partial charge in [0.1, 0.15) is 0 Å². The summed E-state index contributed by atoms with van der Waals surface area (Å²) in [6.07, 6.45) is 3.98. The summed E-state index contributed by atoms with van der Waals surface area (Å²) >= 11 is 0. The summed E-state index contributed by atoms with van der Waals surface area (Å²) < 4.78 is 0. The third kappa shape index (κ3) is 4.13. The fraction of sp³-hybridized carbons (Fsp3) is 0.632. The maximum absolute atomic E-state index is 12.1. The van der Waals surface area contributed by atoms with E-state index >= 15 is 0 Å². The summed E-state index contributed by atoms with van der Waals surface area (Å²) in [5.74, 6) is 0. The van der Waals surface area contributed by atoms with Crippen LogP contribution in [0.3, 0.4) is 0 Å². The second-order valence-electron chi connectivity index (χ2n) is 7.14. The number of piperazine rings is 1. The summed E-state index contributed by atoms with van der Waals surface area (Å²) in [5.41, 5.74) is 2.60. The van der Waals surface area contributed by atoms with Crippen molar-refractivity contribution in [1.29, 1.82) is 0 Å². The standard InChI is InChI=1S/C19H30N4O/c1-16(2)20-19(24)23-14-12-22(13-15-23)18-8-6-17(7-9-18)21-10-4-3-5-11-21/h6-9,16H,3-5,10-15H2,1-2H3,(H,20,24). The van der Waals surface area contributed by atoms with Crippen LogP contribution in [0.2, 0.25) is 0 Å². The Balaban J connectivity index is 1.53. The Kier molecular flexibility index (Phi) is 5.48. The van der Waals surface area contributed by atoms with E-state index in [2.05, 4.69) is 39.4 Å². The first-order valence-electron chi connectivity index (χ1n) is 9.29. The molecule has 0 aliphatic carbocycles. The van der Waals surface area contributed by atoms with Crippen molar-refractivity contribution in [2.24, 2.45) is 0 Å². The molecule has 1 aromatic carbocycles. The normalized spacial score (nSPS) is 18.9. The molecular weight excluding hydrogens is 300 g/mol. The minimum atomic E-state index is 0.0603. The number of amides is 2. The molecule has 5 nitrogen and oxygen atoms in total. The monoisotopic (exact) mass is 330 g/mol. The minimum Gasteiger partial charge on any atom is -0.372 e. The number of hydrogen-bond donors (Lipinski definition) is 1. The Morgan fingerprint density at radius 2 is 1.33 bits per heavy atom. The van der Waals surface area contributed by atoms with Gasteiger partial charge in [0.05, 0.1) is 0 Å². The molecule has 0 atom stereocenters. The van der Waals surface area contributed by atoms with Crippen LogP contribution in [0.15, 0.2) is 24.3 Å². The Bertz CT molecular complexity index is 529. The van der Waals surface area contributed by atoms with Crippen molar-refractivity contribution in [3.05, 3.63) is 24.3 Å². The van der Waals surface area contributed by atoms with Gasteiger partial charge in [-0.15, -0.1) is 0 Å². The van der Waals surface area contributed by atoms with Crippen molar-refractivity contribution in [3.63, 3.8) is 0 Å². The Morgan fingerprint density at radius 1 is 0.833 bits per heavy atom. The van der Waals surface area contributed by atoms with E-state index in [0.717, 1.165) is 26.2 Å². The van der Waals surface area contributed by atoms with Gasteiger partial charge >= 0.3 is 6.03 Å². The summed E-state index contributed by atoms with van der Waals surface area (Å²) in [6.45, 7) is 9.73. The van der Waals surface area contributed by atoms with Crippen LogP contribution in [-0.4, -0.2) is 56.2 Å². The van der Waals surface area contributed by atoms with Crippen LogP contribution in [-0.2, 0) is 0 Å².